The van der Waals surface area contributed by atoms with Crippen molar-refractivity contribution in [3.8, 4) is 0 Å². The predicted octanol–water partition coefficient (Wildman–Crippen LogP) is 1.03. The number of amides is 1. The van der Waals surface area contributed by atoms with Crippen molar-refractivity contribution in [3.05, 3.63) is 29.3 Å². The lowest BCUT2D eigenvalue weighted by molar-refractivity contribution is -0.118. The minimum Gasteiger partial charge on any atom is -0.326 e. The Morgan fingerprint density at radius 1 is 1.50 bits per heavy atom. The van der Waals surface area contributed by atoms with Gasteiger partial charge in [0, 0.05) is 31.7 Å². The van der Waals surface area contributed by atoms with E-state index in [4.69, 9.17) is 5.73 Å². The van der Waals surface area contributed by atoms with Crippen LogP contribution in [0.1, 0.15) is 24.0 Å². The molecule has 0 saturated carbocycles. The van der Waals surface area contributed by atoms with Gasteiger partial charge in [-0.25, -0.2) is 0 Å². The minimum absolute atomic E-state index is 0.200. The molecule has 3 N–H and O–H groups in total. The van der Waals surface area contributed by atoms with Crippen LogP contribution in [0.5, 0.6) is 0 Å². The third-order valence-corrected chi connectivity index (χ3v) is 3.39. The number of fused-ring (bicyclic) bond motifs is 1. The number of carbonyl (C=O) groups is 1. The van der Waals surface area contributed by atoms with Crippen molar-refractivity contribution in [2.75, 3.05) is 25.0 Å². The summed E-state index contributed by atoms with van der Waals surface area (Å²) < 4.78 is 0. The summed E-state index contributed by atoms with van der Waals surface area (Å²) in [6.45, 7) is 2.12. The monoisotopic (exact) mass is 247 g/mol. The molecule has 0 radical (unpaired) electrons. The molecule has 1 heterocycles. The Bertz CT molecular complexity index is 431. The number of hydrogen-bond donors (Lipinski definition) is 2. The van der Waals surface area contributed by atoms with Crippen molar-refractivity contribution in [2.45, 2.75) is 25.8 Å². The fraction of sp³-hybridized carbons (Fsp3) is 0.500. The first-order valence-electron chi connectivity index (χ1n) is 6.53. The van der Waals surface area contributed by atoms with E-state index < -0.39 is 0 Å². The van der Waals surface area contributed by atoms with Crippen LogP contribution < -0.4 is 16.0 Å². The summed E-state index contributed by atoms with van der Waals surface area (Å²) in [5.41, 5.74) is 9.11. The minimum atomic E-state index is 0.200. The molecule has 0 bridgehead atoms. The number of hydrogen-bond acceptors (Lipinski definition) is 3. The zero-order valence-corrected chi connectivity index (χ0v) is 10.9. The average Bonchev–Trinajstić information content (AvgIpc) is 2.43. The van der Waals surface area contributed by atoms with Crippen LogP contribution in [0.3, 0.4) is 0 Å². The summed E-state index contributed by atoms with van der Waals surface area (Å²) in [6.07, 6.45) is 2.62. The summed E-state index contributed by atoms with van der Waals surface area (Å²) in [7, 11) is 1.87. The Hall–Kier alpha value is -1.39. The zero-order chi connectivity index (χ0) is 13.0. The van der Waals surface area contributed by atoms with Crippen LogP contribution in [0.25, 0.3) is 0 Å². The van der Waals surface area contributed by atoms with Crippen LogP contribution in [0.15, 0.2) is 18.2 Å². The molecule has 0 atom stereocenters. The normalized spacial score (nSPS) is 14.4. The molecule has 0 spiro atoms. The highest BCUT2D eigenvalue weighted by molar-refractivity contribution is 5.94. The zero-order valence-electron chi connectivity index (χ0n) is 10.9. The van der Waals surface area contributed by atoms with Crippen LogP contribution in [0.2, 0.25) is 0 Å². The van der Waals surface area contributed by atoms with Crippen LogP contribution in [0.4, 0.5) is 5.69 Å². The standard InChI is InChI=1S/C14H21N3O/c1-16-7-6-14(18)17-8-2-3-12-9-11(10-15)4-5-13(12)17/h4-5,9,16H,2-3,6-8,10,15H2,1H3. The number of benzene rings is 1. The molecule has 0 aliphatic carbocycles. The Labute approximate surface area is 108 Å². The fourth-order valence-corrected chi connectivity index (χ4v) is 2.40. The SMILES string of the molecule is CNCCC(=O)N1CCCc2cc(CN)ccc21. The summed E-state index contributed by atoms with van der Waals surface area (Å²) in [5, 5.41) is 3.02. The van der Waals surface area contributed by atoms with Gasteiger partial charge in [0.25, 0.3) is 0 Å². The van der Waals surface area contributed by atoms with E-state index in [2.05, 4.69) is 11.4 Å². The van der Waals surface area contributed by atoms with E-state index in [0.717, 1.165) is 37.2 Å². The molecule has 98 valence electrons. The molecular formula is C14H21N3O. The second-order valence-electron chi connectivity index (χ2n) is 4.67. The highest BCUT2D eigenvalue weighted by atomic mass is 16.2. The van der Waals surface area contributed by atoms with Crippen molar-refractivity contribution >= 4 is 11.6 Å². The van der Waals surface area contributed by atoms with Gasteiger partial charge in [-0.3, -0.25) is 4.79 Å². The first-order chi connectivity index (χ1) is 8.76. The average molecular weight is 247 g/mol. The van der Waals surface area contributed by atoms with Crippen LogP contribution in [-0.2, 0) is 17.8 Å². The van der Waals surface area contributed by atoms with Crippen LogP contribution in [-0.4, -0.2) is 26.0 Å². The largest absolute Gasteiger partial charge is 0.326 e. The molecule has 2 rings (SSSR count). The van der Waals surface area contributed by atoms with Crippen molar-refractivity contribution in [3.63, 3.8) is 0 Å². The molecule has 1 aliphatic rings. The molecule has 1 aromatic rings. The number of aryl methyl sites for hydroxylation is 1. The highest BCUT2D eigenvalue weighted by Crippen LogP contribution is 2.28. The highest BCUT2D eigenvalue weighted by Gasteiger charge is 2.21. The number of nitrogens with one attached hydrogen (secondary N) is 1. The van der Waals surface area contributed by atoms with Crippen molar-refractivity contribution < 1.29 is 4.79 Å². The Morgan fingerprint density at radius 3 is 3.06 bits per heavy atom. The quantitative estimate of drug-likeness (QED) is 0.835. The topological polar surface area (TPSA) is 58.4 Å². The lowest BCUT2D eigenvalue weighted by Gasteiger charge is -2.30. The van der Waals surface area contributed by atoms with E-state index in [1.54, 1.807) is 0 Å². The van der Waals surface area contributed by atoms with Gasteiger partial charge in [-0.15, -0.1) is 0 Å². The van der Waals surface area contributed by atoms with Gasteiger partial charge in [0.05, 0.1) is 0 Å². The molecular weight excluding hydrogens is 226 g/mol. The molecule has 18 heavy (non-hydrogen) atoms. The fourth-order valence-electron chi connectivity index (χ4n) is 2.40. The third kappa shape index (κ3) is 2.71. The van der Waals surface area contributed by atoms with E-state index >= 15 is 0 Å². The molecule has 0 saturated heterocycles. The molecule has 1 aromatic carbocycles. The number of nitrogens with two attached hydrogens (primary N) is 1. The molecule has 1 aliphatic heterocycles. The van der Waals surface area contributed by atoms with Crippen LogP contribution in [0, 0.1) is 0 Å². The van der Waals surface area contributed by atoms with E-state index in [9.17, 15) is 4.79 Å². The van der Waals surface area contributed by atoms with Gasteiger partial charge >= 0.3 is 0 Å². The maximum atomic E-state index is 12.1. The van der Waals surface area contributed by atoms with E-state index in [1.807, 2.05) is 24.1 Å². The van der Waals surface area contributed by atoms with Gasteiger partial charge in [0.1, 0.15) is 0 Å². The molecule has 1 amide bonds. The second kappa shape index (κ2) is 5.98. The molecule has 0 aromatic heterocycles. The van der Waals surface area contributed by atoms with Crippen molar-refractivity contribution in [1.29, 1.82) is 0 Å². The lowest BCUT2D eigenvalue weighted by Crippen LogP contribution is -2.36. The maximum absolute atomic E-state index is 12.1. The molecule has 4 nitrogen and oxygen atoms in total. The van der Waals surface area contributed by atoms with Gasteiger partial charge in [0.15, 0.2) is 0 Å². The molecule has 4 heteroatoms. The summed E-state index contributed by atoms with van der Waals surface area (Å²) >= 11 is 0. The summed E-state index contributed by atoms with van der Waals surface area (Å²) in [5.74, 6) is 0.200. The van der Waals surface area contributed by atoms with Gasteiger partial charge in [0.2, 0.25) is 5.91 Å². The number of nitrogens with zero attached hydrogens (tertiary/aromatic N) is 1. The summed E-state index contributed by atoms with van der Waals surface area (Å²) in [4.78, 5) is 14.0. The van der Waals surface area contributed by atoms with Crippen LogP contribution >= 0.6 is 0 Å². The van der Waals surface area contributed by atoms with Gasteiger partial charge in [-0.05, 0) is 37.1 Å². The Balaban J connectivity index is 2.19. The third-order valence-electron chi connectivity index (χ3n) is 3.39. The van der Waals surface area contributed by atoms with Crippen molar-refractivity contribution in [2.24, 2.45) is 5.73 Å². The first kappa shape index (κ1) is 13.1. The van der Waals surface area contributed by atoms with Crippen molar-refractivity contribution in [1.82, 2.24) is 5.32 Å². The second-order valence-corrected chi connectivity index (χ2v) is 4.67. The van der Waals surface area contributed by atoms with Gasteiger partial charge in [-0.1, -0.05) is 12.1 Å². The Morgan fingerprint density at radius 2 is 2.33 bits per heavy atom. The lowest BCUT2D eigenvalue weighted by atomic mass is 9.99. The van der Waals surface area contributed by atoms with E-state index in [0.29, 0.717) is 13.0 Å². The van der Waals surface area contributed by atoms with Gasteiger partial charge < -0.3 is 16.0 Å². The number of carbonyl (C=O) groups excluding carboxylic acids is 1. The number of rotatable bonds is 4. The first-order valence-corrected chi connectivity index (χ1v) is 6.53. The van der Waals surface area contributed by atoms with E-state index in [-0.39, 0.29) is 5.91 Å². The predicted molar refractivity (Wildman–Crippen MR) is 73.6 cm³/mol. The summed E-state index contributed by atoms with van der Waals surface area (Å²) in [6, 6.07) is 6.18. The van der Waals surface area contributed by atoms with E-state index in [1.165, 1.54) is 5.56 Å². The molecule has 0 unspecified atom stereocenters. The molecule has 0 fully saturated rings. The number of anilines is 1. The van der Waals surface area contributed by atoms with Gasteiger partial charge in [-0.2, -0.15) is 0 Å². The maximum Gasteiger partial charge on any atom is 0.228 e. The Kier molecular flexibility index (Phi) is 4.33. The smallest absolute Gasteiger partial charge is 0.228 e.